The van der Waals surface area contributed by atoms with E-state index in [1.807, 2.05) is 30.5 Å². The van der Waals surface area contributed by atoms with Gasteiger partial charge in [0.25, 0.3) is 5.91 Å². The van der Waals surface area contributed by atoms with Crippen molar-refractivity contribution in [3.8, 4) is 0 Å². The number of hydrogen-bond donors (Lipinski definition) is 2. The molecule has 0 saturated carbocycles. The average Bonchev–Trinajstić information content (AvgIpc) is 3.25. The fourth-order valence-electron chi connectivity index (χ4n) is 2.67. The van der Waals surface area contributed by atoms with E-state index in [-0.39, 0.29) is 11.9 Å². The summed E-state index contributed by atoms with van der Waals surface area (Å²) < 4.78 is 5.20. The summed E-state index contributed by atoms with van der Waals surface area (Å²) in [6.45, 7) is 2.06. The molecule has 132 valence electrons. The monoisotopic (exact) mass is 358 g/mol. The average molecular weight is 358 g/mol. The van der Waals surface area contributed by atoms with Gasteiger partial charge in [0.15, 0.2) is 5.69 Å². The van der Waals surface area contributed by atoms with Gasteiger partial charge in [0.2, 0.25) is 0 Å². The van der Waals surface area contributed by atoms with E-state index in [1.54, 1.807) is 17.8 Å². The molecule has 0 fully saturated rings. The molecule has 1 aromatic carbocycles. The van der Waals surface area contributed by atoms with E-state index in [0.29, 0.717) is 5.69 Å². The normalized spacial score (nSPS) is 12.4. The lowest BCUT2D eigenvalue weighted by Crippen LogP contribution is -2.30. The Hall–Kier alpha value is -2.28. The summed E-state index contributed by atoms with van der Waals surface area (Å²) in [6.07, 6.45) is 4.56. The van der Waals surface area contributed by atoms with E-state index in [0.717, 1.165) is 47.6 Å². The minimum absolute atomic E-state index is 0.196. The highest BCUT2D eigenvalue weighted by atomic mass is 32.2. The fourth-order valence-corrected chi connectivity index (χ4v) is 3.14. The van der Waals surface area contributed by atoms with Crippen molar-refractivity contribution in [2.24, 2.45) is 0 Å². The molecule has 2 aromatic heterocycles. The lowest BCUT2D eigenvalue weighted by molar-refractivity contribution is 0.0925. The standard InChI is InChI=1S/C18H22N4O2S/c1-3-6-12-11-16(22-24-12)18(23)21-15(9-10-25-2)17-19-13-7-4-5-8-14(13)20-17/h4-5,7-8,11,15H,3,6,9-10H2,1-2H3,(H,19,20)(H,21,23)/t15-/m1/s1. The zero-order chi connectivity index (χ0) is 17.6. The van der Waals surface area contributed by atoms with Crippen LogP contribution in [0.15, 0.2) is 34.9 Å². The summed E-state index contributed by atoms with van der Waals surface area (Å²) >= 11 is 1.74. The Kier molecular flexibility index (Phi) is 5.75. The van der Waals surface area contributed by atoms with Gasteiger partial charge in [-0.1, -0.05) is 24.2 Å². The highest BCUT2D eigenvalue weighted by Gasteiger charge is 2.21. The van der Waals surface area contributed by atoms with Gasteiger partial charge in [-0.2, -0.15) is 11.8 Å². The third-order valence-electron chi connectivity index (χ3n) is 3.94. The van der Waals surface area contributed by atoms with Crippen LogP contribution < -0.4 is 5.32 Å². The van der Waals surface area contributed by atoms with Crippen molar-refractivity contribution in [2.45, 2.75) is 32.2 Å². The summed E-state index contributed by atoms with van der Waals surface area (Å²) in [5.74, 6) is 2.18. The third kappa shape index (κ3) is 4.22. The number of thioether (sulfide) groups is 1. The summed E-state index contributed by atoms with van der Waals surface area (Å²) in [5, 5.41) is 6.91. The molecule has 7 heteroatoms. The van der Waals surface area contributed by atoms with Gasteiger partial charge in [0.05, 0.1) is 17.1 Å². The number of carbonyl (C=O) groups is 1. The molecule has 0 spiro atoms. The molecule has 2 N–H and O–H groups in total. The summed E-state index contributed by atoms with van der Waals surface area (Å²) in [4.78, 5) is 20.5. The van der Waals surface area contributed by atoms with Crippen LogP contribution in [-0.2, 0) is 6.42 Å². The van der Waals surface area contributed by atoms with Crippen molar-refractivity contribution < 1.29 is 9.32 Å². The first-order valence-corrected chi connectivity index (χ1v) is 9.80. The number of rotatable bonds is 8. The maximum atomic E-state index is 12.5. The number of aryl methyl sites for hydroxylation is 1. The van der Waals surface area contributed by atoms with Gasteiger partial charge >= 0.3 is 0 Å². The van der Waals surface area contributed by atoms with Crippen molar-refractivity contribution in [3.63, 3.8) is 0 Å². The van der Waals surface area contributed by atoms with E-state index < -0.39 is 0 Å². The Balaban J connectivity index is 1.78. The predicted octanol–water partition coefficient (Wildman–Crippen LogP) is 3.73. The highest BCUT2D eigenvalue weighted by Crippen LogP contribution is 2.20. The first kappa shape index (κ1) is 17.5. The lowest BCUT2D eigenvalue weighted by atomic mass is 10.2. The molecular weight excluding hydrogens is 336 g/mol. The van der Waals surface area contributed by atoms with Crippen molar-refractivity contribution >= 4 is 28.7 Å². The van der Waals surface area contributed by atoms with Gasteiger partial charge in [0.1, 0.15) is 11.6 Å². The number of nitrogens with one attached hydrogen (secondary N) is 2. The summed E-state index contributed by atoms with van der Waals surface area (Å²) in [5.41, 5.74) is 2.17. The molecule has 0 aliphatic rings. The largest absolute Gasteiger partial charge is 0.361 e. The van der Waals surface area contributed by atoms with Crippen LogP contribution in [0, 0.1) is 0 Å². The number of aromatic amines is 1. The summed E-state index contributed by atoms with van der Waals surface area (Å²) in [6, 6.07) is 9.37. The van der Waals surface area contributed by atoms with Crippen LogP contribution in [0.4, 0.5) is 0 Å². The number of nitrogens with zero attached hydrogens (tertiary/aromatic N) is 2. The van der Waals surface area contributed by atoms with Crippen LogP contribution in [0.3, 0.4) is 0 Å². The second kappa shape index (κ2) is 8.20. The van der Waals surface area contributed by atoms with Crippen molar-refractivity contribution in [3.05, 3.63) is 47.6 Å². The van der Waals surface area contributed by atoms with Gasteiger partial charge in [-0.3, -0.25) is 4.79 Å². The molecule has 0 aliphatic heterocycles. The van der Waals surface area contributed by atoms with Crippen LogP contribution in [-0.4, -0.2) is 33.0 Å². The maximum absolute atomic E-state index is 12.5. The SMILES string of the molecule is CCCc1cc(C(=O)N[C@H](CCSC)c2nc3ccccc3[nH]2)no1. The Morgan fingerprint density at radius 2 is 2.24 bits per heavy atom. The van der Waals surface area contributed by atoms with Crippen molar-refractivity contribution in [2.75, 3.05) is 12.0 Å². The Morgan fingerprint density at radius 3 is 3.00 bits per heavy atom. The lowest BCUT2D eigenvalue weighted by Gasteiger charge is -2.15. The number of hydrogen-bond acceptors (Lipinski definition) is 5. The Labute approximate surface area is 150 Å². The van der Waals surface area contributed by atoms with Crippen molar-refractivity contribution in [1.82, 2.24) is 20.4 Å². The molecule has 0 saturated heterocycles. The number of benzene rings is 1. The van der Waals surface area contributed by atoms with E-state index in [2.05, 4.69) is 27.4 Å². The zero-order valence-electron chi connectivity index (χ0n) is 14.4. The topological polar surface area (TPSA) is 83.8 Å². The van der Waals surface area contributed by atoms with Crippen LogP contribution in [0.1, 0.15) is 47.9 Å². The summed E-state index contributed by atoms with van der Waals surface area (Å²) in [7, 11) is 0. The first-order valence-electron chi connectivity index (χ1n) is 8.41. The smallest absolute Gasteiger partial charge is 0.274 e. The molecular formula is C18H22N4O2S. The molecule has 0 aliphatic carbocycles. The second-order valence-corrected chi connectivity index (χ2v) is 6.86. The number of fused-ring (bicyclic) bond motifs is 1. The second-order valence-electron chi connectivity index (χ2n) is 5.88. The molecule has 2 heterocycles. The molecule has 0 unspecified atom stereocenters. The quantitative estimate of drug-likeness (QED) is 0.641. The Morgan fingerprint density at radius 1 is 1.40 bits per heavy atom. The van der Waals surface area contributed by atoms with Gasteiger partial charge in [0, 0.05) is 12.5 Å². The molecule has 0 bridgehead atoms. The van der Waals surface area contributed by atoms with Crippen molar-refractivity contribution in [1.29, 1.82) is 0 Å². The first-order chi connectivity index (χ1) is 12.2. The molecule has 25 heavy (non-hydrogen) atoms. The van der Waals surface area contributed by atoms with E-state index in [9.17, 15) is 4.79 Å². The van der Waals surface area contributed by atoms with Gasteiger partial charge in [-0.15, -0.1) is 0 Å². The molecule has 6 nitrogen and oxygen atoms in total. The Bertz CT molecular complexity index is 809. The van der Waals surface area contributed by atoms with Gasteiger partial charge in [-0.25, -0.2) is 4.98 Å². The van der Waals surface area contributed by atoms with E-state index in [1.165, 1.54) is 0 Å². The van der Waals surface area contributed by atoms with E-state index in [4.69, 9.17) is 4.52 Å². The number of para-hydroxylation sites is 2. The van der Waals surface area contributed by atoms with Crippen LogP contribution >= 0.6 is 11.8 Å². The third-order valence-corrected chi connectivity index (χ3v) is 4.59. The molecule has 0 radical (unpaired) electrons. The molecule has 3 rings (SSSR count). The van der Waals surface area contributed by atoms with Gasteiger partial charge < -0.3 is 14.8 Å². The number of imidazole rings is 1. The number of carbonyl (C=O) groups excluding carboxylic acids is 1. The molecule has 1 atom stereocenters. The highest BCUT2D eigenvalue weighted by molar-refractivity contribution is 7.98. The number of H-pyrrole nitrogens is 1. The van der Waals surface area contributed by atoms with E-state index >= 15 is 0 Å². The van der Waals surface area contributed by atoms with Crippen LogP contribution in [0.25, 0.3) is 11.0 Å². The maximum Gasteiger partial charge on any atom is 0.274 e. The predicted molar refractivity (Wildman–Crippen MR) is 99.8 cm³/mol. The van der Waals surface area contributed by atoms with Crippen LogP contribution in [0.5, 0.6) is 0 Å². The van der Waals surface area contributed by atoms with Crippen LogP contribution in [0.2, 0.25) is 0 Å². The van der Waals surface area contributed by atoms with Gasteiger partial charge in [-0.05, 0) is 37.0 Å². The fraction of sp³-hybridized carbons (Fsp3) is 0.389. The molecule has 3 aromatic rings. The number of aromatic nitrogens is 3. The number of amides is 1. The minimum atomic E-state index is -0.238. The molecule has 1 amide bonds. The minimum Gasteiger partial charge on any atom is -0.361 e. The zero-order valence-corrected chi connectivity index (χ0v) is 15.2.